The molecule has 5 nitrogen and oxygen atoms in total. The van der Waals surface area contributed by atoms with Crippen LogP contribution in [0.3, 0.4) is 0 Å². The average Bonchev–Trinajstić information content (AvgIpc) is 2.55. The summed E-state index contributed by atoms with van der Waals surface area (Å²) in [6.07, 6.45) is 5.00. The van der Waals surface area contributed by atoms with E-state index >= 15 is 0 Å². The van der Waals surface area contributed by atoms with Crippen molar-refractivity contribution < 1.29 is 0 Å². The van der Waals surface area contributed by atoms with Gasteiger partial charge >= 0.3 is 5.69 Å². The molecule has 5 heteroatoms. The van der Waals surface area contributed by atoms with Gasteiger partial charge in [0.1, 0.15) is 0 Å². The van der Waals surface area contributed by atoms with E-state index in [-0.39, 0.29) is 5.69 Å². The van der Waals surface area contributed by atoms with Crippen LogP contribution in [0.25, 0.3) is 11.0 Å². The molecule has 0 spiro atoms. The second-order valence-corrected chi connectivity index (χ2v) is 4.94. The maximum atomic E-state index is 11.3. The van der Waals surface area contributed by atoms with Crippen molar-refractivity contribution in [3.63, 3.8) is 0 Å². The molecule has 0 unspecified atom stereocenters. The number of nitrogens with two attached hydrogens (primary N) is 1. The van der Waals surface area contributed by atoms with E-state index in [0.29, 0.717) is 0 Å². The molecule has 2 aromatic rings. The van der Waals surface area contributed by atoms with Gasteiger partial charge in [-0.1, -0.05) is 12.8 Å². The highest BCUT2D eigenvalue weighted by Gasteiger charge is 2.14. The van der Waals surface area contributed by atoms with Crippen molar-refractivity contribution in [3.05, 3.63) is 22.6 Å². The first-order valence-corrected chi connectivity index (χ1v) is 6.50. The Labute approximate surface area is 105 Å². The molecule has 4 N–H and O–H groups in total. The molecule has 3 rings (SSSR count). The van der Waals surface area contributed by atoms with Crippen molar-refractivity contribution in [2.75, 3.05) is 23.7 Å². The van der Waals surface area contributed by atoms with E-state index in [1.165, 1.54) is 25.7 Å². The fraction of sp³-hybridized carbons (Fsp3) is 0.462. The second-order valence-electron chi connectivity index (χ2n) is 4.94. The smallest absolute Gasteiger partial charge is 0.323 e. The third kappa shape index (κ3) is 1.96. The van der Waals surface area contributed by atoms with E-state index in [1.54, 1.807) is 0 Å². The first-order valence-electron chi connectivity index (χ1n) is 6.50. The van der Waals surface area contributed by atoms with Crippen molar-refractivity contribution in [2.24, 2.45) is 0 Å². The van der Waals surface area contributed by atoms with Crippen molar-refractivity contribution in [1.29, 1.82) is 0 Å². The Morgan fingerprint density at radius 3 is 2.28 bits per heavy atom. The van der Waals surface area contributed by atoms with E-state index in [0.717, 1.165) is 35.5 Å². The number of hydrogen-bond acceptors (Lipinski definition) is 3. The van der Waals surface area contributed by atoms with Gasteiger partial charge in [0, 0.05) is 13.1 Å². The quantitative estimate of drug-likeness (QED) is 0.672. The molecule has 1 aliphatic heterocycles. The van der Waals surface area contributed by atoms with Crippen LogP contribution < -0.4 is 16.3 Å². The number of nitrogens with one attached hydrogen (secondary N) is 2. The molecule has 1 aliphatic rings. The summed E-state index contributed by atoms with van der Waals surface area (Å²) < 4.78 is 0. The van der Waals surface area contributed by atoms with Crippen molar-refractivity contribution in [2.45, 2.75) is 25.7 Å². The number of fused-ring (bicyclic) bond motifs is 1. The van der Waals surface area contributed by atoms with Gasteiger partial charge in [0.2, 0.25) is 0 Å². The minimum atomic E-state index is -0.183. The average molecular weight is 246 g/mol. The Kier molecular flexibility index (Phi) is 2.74. The SMILES string of the molecule is Nc1cc2[nH]c(=O)[nH]c2cc1N1CCCCCC1. The summed E-state index contributed by atoms with van der Waals surface area (Å²) in [7, 11) is 0. The van der Waals surface area contributed by atoms with Crippen LogP contribution in [0.4, 0.5) is 11.4 Å². The van der Waals surface area contributed by atoms with Crippen LogP contribution in [-0.4, -0.2) is 23.1 Å². The van der Waals surface area contributed by atoms with Crippen LogP contribution in [0, 0.1) is 0 Å². The molecule has 0 bridgehead atoms. The first-order chi connectivity index (χ1) is 8.74. The zero-order valence-corrected chi connectivity index (χ0v) is 10.3. The molecule has 18 heavy (non-hydrogen) atoms. The number of hydrogen-bond donors (Lipinski definition) is 3. The zero-order valence-electron chi connectivity index (χ0n) is 10.3. The molecule has 1 aromatic carbocycles. The number of H-pyrrole nitrogens is 2. The lowest BCUT2D eigenvalue weighted by Crippen LogP contribution is -2.24. The molecule has 1 fully saturated rings. The molecule has 1 saturated heterocycles. The van der Waals surface area contributed by atoms with Crippen LogP contribution in [-0.2, 0) is 0 Å². The number of aromatic nitrogens is 2. The number of aromatic amines is 2. The highest BCUT2D eigenvalue weighted by molar-refractivity contribution is 5.86. The Morgan fingerprint density at radius 1 is 1.00 bits per heavy atom. The Morgan fingerprint density at radius 2 is 1.61 bits per heavy atom. The van der Waals surface area contributed by atoms with Gasteiger partial charge in [0.05, 0.1) is 22.4 Å². The minimum Gasteiger partial charge on any atom is -0.397 e. The third-order valence-electron chi connectivity index (χ3n) is 3.61. The van der Waals surface area contributed by atoms with Gasteiger partial charge in [0.15, 0.2) is 0 Å². The molecular weight excluding hydrogens is 228 g/mol. The molecule has 1 aromatic heterocycles. The first kappa shape index (κ1) is 11.2. The molecule has 0 saturated carbocycles. The number of rotatable bonds is 1. The standard InChI is InChI=1S/C13H18N4O/c14-9-7-10-11(16-13(18)15-10)8-12(9)17-5-3-1-2-4-6-17/h7-8H,1-6,14H2,(H2,15,16,18). The largest absolute Gasteiger partial charge is 0.397 e. The van der Waals surface area contributed by atoms with Crippen LogP contribution in [0.15, 0.2) is 16.9 Å². The van der Waals surface area contributed by atoms with E-state index in [9.17, 15) is 4.79 Å². The summed E-state index contributed by atoms with van der Waals surface area (Å²) in [6, 6.07) is 3.82. The van der Waals surface area contributed by atoms with Gasteiger partial charge in [-0.3, -0.25) is 0 Å². The summed E-state index contributed by atoms with van der Waals surface area (Å²) in [4.78, 5) is 19.1. The molecule has 2 heterocycles. The molecule has 0 aliphatic carbocycles. The maximum absolute atomic E-state index is 11.3. The highest BCUT2D eigenvalue weighted by Crippen LogP contribution is 2.28. The van der Waals surface area contributed by atoms with Gasteiger partial charge < -0.3 is 20.6 Å². The van der Waals surface area contributed by atoms with Gasteiger partial charge in [0.25, 0.3) is 0 Å². The topological polar surface area (TPSA) is 77.9 Å². The van der Waals surface area contributed by atoms with Crippen molar-refractivity contribution in [1.82, 2.24) is 9.97 Å². The van der Waals surface area contributed by atoms with Crippen LogP contribution in [0.2, 0.25) is 0 Å². The molecule has 0 amide bonds. The summed E-state index contributed by atoms with van der Waals surface area (Å²) in [5.74, 6) is 0. The predicted octanol–water partition coefficient (Wildman–Crippen LogP) is 1.82. The summed E-state index contributed by atoms with van der Waals surface area (Å²) in [6.45, 7) is 2.09. The highest BCUT2D eigenvalue weighted by atomic mass is 16.1. The number of benzene rings is 1. The maximum Gasteiger partial charge on any atom is 0.323 e. The molecular formula is C13H18N4O. The Bertz CT molecular complexity index is 605. The lowest BCUT2D eigenvalue weighted by Gasteiger charge is -2.24. The van der Waals surface area contributed by atoms with Crippen LogP contribution in [0.1, 0.15) is 25.7 Å². The second kappa shape index (κ2) is 4.40. The van der Waals surface area contributed by atoms with Gasteiger partial charge in [-0.25, -0.2) is 4.79 Å². The van der Waals surface area contributed by atoms with E-state index in [1.807, 2.05) is 12.1 Å². The summed E-state index contributed by atoms with van der Waals surface area (Å²) in [5, 5.41) is 0. The number of nitrogens with zero attached hydrogens (tertiary/aromatic N) is 1. The summed E-state index contributed by atoms with van der Waals surface area (Å²) in [5.41, 5.74) is 9.30. The van der Waals surface area contributed by atoms with Gasteiger partial charge in [-0.2, -0.15) is 0 Å². The monoisotopic (exact) mass is 246 g/mol. The van der Waals surface area contributed by atoms with Crippen molar-refractivity contribution >= 4 is 22.4 Å². The Hall–Kier alpha value is -1.91. The predicted molar refractivity (Wildman–Crippen MR) is 74.0 cm³/mol. The van der Waals surface area contributed by atoms with Gasteiger partial charge in [-0.05, 0) is 25.0 Å². The fourth-order valence-electron chi connectivity index (χ4n) is 2.67. The number of imidazole rings is 1. The van der Waals surface area contributed by atoms with Gasteiger partial charge in [-0.15, -0.1) is 0 Å². The van der Waals surface area contributed by atoms with Crippen LogP contribution >= 0.6 is 0 Å². The lowest BCUT2D eigenvalue weighted by molar-refractivity contribution is 0.726. The zero-order chi connectivity index (χ0) is 12.5. The van der Waals surface area contributed by atoms with E-state index < -0.39 is 0 Å². The molecule has 96 valence electrons. The van der Waals surface area contributed by atoms with Crippen LogP contribution in [0.5, 0.6) is 0 Å². The summed E-state index contributed by atoms with van der Waals surface area (Å²) >= 11 is 0. The lowest BCUT2D eigenvalue weighted by atomic mass is 10.2. The minimum absolute atomic E-state index is 0.183. The third-order valence-corrected chi connectivity index (χ3v) is 3.61. The molecule has 0 atom stereocenters. The van der Waals surface area contributed by atoms with E-state index in [2.05, 4.69) is 14.9 Å². The Balaban J connectivity index is 2.04. The van der Waals surface area contributed by atoms with Crippen molar-refractivity contribution in [3.8, 4) is 0 Å². The molecule has 0 radical (unpaired) electrons. The normalized spacial score (nSPS) is 17.0. The van der Waals surface area contributed by atoms with E-state index in [4.69, 9.17) is 5.73 Å². The number of nitrogen functional groups attached to an aromatic ring is 1. The number of anilines is 2. The fourth-order valence-corrected chi connectivity index (χ4v) is 2.67.